The highest BCUT2D eigenvalue weighted by Crippen LogP contribution is 2.41. The van der Waals surface area contributed by atoms with E-state index in [-0.39, 0.29) is 6.04 Å². The third-order valence-electron chi connectivity index (χ3n) is 2.95. The number of hydrogen-bond donors (Lipinski definition) is 1. The first-order valence-electron chi connectivity index (χ1n) is 5.36. The van der Waals surface area contributed by atoms with Crippen LogP contribution in [0, 0.1) is 0 Å². The number of thioether (sulfide) groups is 1. The minimum atomic E-state index is 0.0763. The fraction of sp³-hybridized carbons (Fsp3) is 0.500. The molecule has 88 valence electrons. The van der Waals surface area contributed by atoms with Crippen LogP contribution in [0.3, 0.4) is 0 Å². The maximum absolute atomic E-state index is 6.27. The largest absolute Gasteiger partial charge is 0.496 e. The third-order valence-corrected chi connectivity index (χ3v) is 4.91. The van der Waals surface area contributed by atoms with E-state index in [0.29, 0.717) is 5.25 Å². The number of methoxy groups -OCH3 is 1. The first-order valence-corrected chi connectivity index (χ1v) is 7.20. The molecule has 2 atom stereocenters. The van der Waals surface area contributed by atoms with Gasteiger partial charge in [0.2, 0.25) is 0 Å². The molecule has 0 amide bonds. The molecule has 0 spiro atoms. The van der Waals surface area contributed by atoms with Gasteiger partial charge in [-0.3, -0.25) is 0 Å². The van der Waals surface area contributed by atoms with E-state index in [1.165, 1.54) is 11.1 Å². The van der Waals surface area contributed by atoms with Crippen molar-refractivity contribution in [3.05, 3.63) is 27.7 Å². The summed E-state index contributed by atoms with van der Waals surface area (Å²) in [7, 11) is 1.71. The Morgan fingerprint density at radius 1 is 1.50 bits per heavy atom. The van der Waals surface area contributed by atoms with E-state index in [9.17, 15) is 0 Å². The maximum atomic E-state index is 6.27. The number of fused-ring (bicyclic) bond motifs is 1. The SMILES string of the molecule is COc1ccc(Br)c2c1C(N)CC(C)SC2. The first-order chi connectivity index (χ1) is 7.63. The lowest BCUT2D eigenvalue weighted by atomic mass is 9.97. The Balaban J connectivity index is 2.53. The predicted molar refractivity (Wildman–Crippen MR) is 73.0 cm³/mol. The zero-order valence-corrected chi connectivity index (χ0v) is 11.9. The van der Waals surface area contributed by atoms with Gasteiger partial charge >= 0.3 is 0 Å². The zero-order valence-electron chi connectivity index (χ0n) is 9.50. The minimum absolute atomic E-state index is 0.0763. The molecular formula is C12H16BrNOS. The Morgan fingerprint density at radius 3 is 2.94 bits per heavy atom. The Kier molecular flexibility index (Phi) is 3.82. The molecule has 2 unspecified atom stereocenters. The van der Waals surface area contributed by atoms with Crippen molar-refractivity contribution in [2.75, 3.05) is 7.11 Å². The fourth-order valence-corrected chi connectivity index (χ4v) is 3.89. The summed E-state index contributed by atoms with van der Waals surface area (Å²) < 4.78 is 6.56. The summed E-state index contributed by atoms with van der Waals surface area (Å²) in [5.41, 5.74) is 8.74. The van der Waals surface area contributed by atoms with E-state index in [1.54, 1.807) is 7.11 Å². The standard InChI is InChI=1S/C12H16BrNOS/c1-7-5-10(14)12-8(6-16-7)9(13)3-4-11(12)15-2/h3-4,7,10H,5-6,14H2,1-2H3. The van der Waals surface area contributed by atoms with Crippen LogP contribution in [0.5, 0.6) is 5.75 Å². The third kappa shape index (κ3) is 2.24. The van der Waals surface area contributed by atoms with Gasteiger partial charge in [0.25, 0.3) is 0 Å². The molecule has 0 saturated carbocycles. The summed E-state index contributed by atoms with van der Waals surface area (Å²) in [4.78, 5) is 0. The van der Waals surface area contributed by atoms with Crippen LogP contribution in [-0.4, -0.2) is 12.4 Å². The number of nitrogens with two attached hydrogens (primary N) is 1. The van der Waals surface area contributed by atoms with Crippen molar-refractivity contribution in [2.24, 2.45) is 5.73 Å². The maximum Gasteiger partial charge on any atom is 0.124 e. The summed E-state index contributed by atoms with van der Waals surface area (Å²) in [6.07, 6.45) is 1.00. The van der Waals surface area contributed by atoms with Gasteiger partial charge in [0.05, 0.1) is 7.11 Å². The van der Waals surface area contributed by atoms with Crippen molar-refractivity contribution in [1.29, 1.82) is 0 Å². The average molecular weight is 302 g/mol. The number of hydrogen-bond acceptors (Lipinski definition) is 3. The van der Waals surface area contributed by atoms with Crippen LogP contribution in [0.4, 0.5) is 0 Å². The van der Waals surface area contributed by atoms with E-state index in [4.69, 9.17) is 10.5 Å². The molecule has 0 saturated heterocycles. The highest BCUT2D eigenvalue weighted by molar-refractivity contribution is 9.10. The molecule has 2 N–H and O–H groups in total. The Hall–Kier alpha value is -0.190. The van der Waals surface area contributed by atoms with Crippen molar-refractivity contribution < 1.29 is 4.74 Å². The van der Waals surface area contributed by atoms with E-state index in [0.717, 1.165) is 22.4 Å². The van der Waals surface area contributed by atoms with Gasteiger partial charge < -0.3 is 10.5 Å². The molecule has 4 heteroatoms. The molecular weight excluding hydrogens is 286 g/mol. The predicted octanol–water partition coefficient (Wildman–Crippen LogP) is 3.48. The lowest BCUT2D eigenvalue weighted by Crippen LogP contribution is -2.15. The lowest BCUT2D eigenvalue weighted by Gasteiger charge is -2.18. The van der Waals surface area contributed by atoms with E-state index in [2.05, 4.69) is 22.9 Å². The zero-order chi connectivity index (χ0) is 11.7. The molecule has 0 aliphatic carbocycles. The number of ether oxygens (including phenoxy) is 1. The second-order valence-corrected chi connectivity index (χ2v) is 6.39. The van der Waals surface area contributed by atoms with Gasteiger partial charge in [-0.05, 0) is 24.1 Å². The molecule has 0 radical (unpaired) electrons. The summed E-state index contributed by atoms with van der Waals surface area (Å²) in [6.45, 7) is 2.23. The highest BCUT2D eigenvalue weighted by atomic mass is 79.9. The smallest absolute Gasteiger partial charge is 0.124 e. The van der Waals surface area contributed by atoms with Crippen molar-refractivity contribution in [3.63, 3.8) is 0 Å². The van der Waals surface area contributed by atoms with Crippen LogP contribution in [0.15, 0.2) is 16.6 Å². The van der Waals surface area contributed by atoms with Crippen LogP contribution in [-0.2, 0) is 5.75 Å². The molecule has 1 aromatic rings. The van der Waals surface area contributed by atoms with Gasteiger partial charge in [-0.25, -0.2) is 0 Å². The van der Waals surface area contributed by atoms with Crippen LogP contribution >= 0.6 is 27.7 Å². The van der Waals surface area contributed by atoms with E-state index in [1.807, 2.05) is 23.9 Å². The monoisotopic (exact) mass is 301 g/mol. The molecule has 1 aromatic carbocycles. The Morgan fingerprint density at radius 2 is 2.25 bits per heavy atom. The Labute approximate surface area is 109 Å². The van der Waals surface area contributed by atoms with Crippen molar-refractivity contribution in [1.82, 2.24) is 0 Å². The quantitative estimate of drug-likeness (QED) is 0.862. The molecule has 0 fully saturated rings. The van der Waals surface area contributed by atoms with Gasteiger partial charge in [-0.15, -0.1) is 0 Å². The van der Waals surface area contributed by atoms with Gasteiger partial charge in [0.15, 0.2) is 0 Å². The topological polar surface area (TPSA) is 35.2 Å². The second-order valence-electron chi connectivity index (χ2n) is 4.11. The highest BCUT2D eigenvalue weighted by Gasteiger charge is 2.24. The van der Waals surface area contributed by atoms with E-state index < -0.39 is 0 Å². The number of halogens is 1. The summed E-state index contributed by atoms with van der Waals surface area (Å²) in [5.74, 6) is 1.92. The van der Waals surface area contributed by atoms with Gasteiger partial charge in [-0.2, -0.15) is 11.8 Å². The number of benzene rings is 1. The summed E-state index contributed by atoms with van der Waals surface area (Å²) >= 11 is 5.56. The van der Waals surface area contributed by atoms with Crippen molar-refractivity contribution in [2.45, 2.75) is 30.4 Å². The summed E-state index contributed by atoms with van der Waals surface area (Å²) in [5, 5.41) is 0.596. The van der Waals surface area contributed by atoms with Gasteiger partial charge in [0.1, 0.15) is 5.75 Å². The van der Waals surface area contributed by atoms with Crippen molar-refractivity contribution >= 4 is 27.7 Å². The molecule has 2 nitrogen and oxygen atoms in total. The van der Waals surface area contributed by atoms with Crippen LogP contribution in [0.2, 0.25) is 0 Å². The lowest BCUT2D eigenvalue weighted by molar-refractivity contribution is 0.403. The summed E-state index contributed by atoms with van der Waals surface area (Å²) in [6, 6.07) is 4.11. The van der Waals surface area contributed by atoms with Crippen LogP contribution in [0.25, 0.3) is 0 Å². The number of rotatable bonds is 1. The Bertz CT molecular complexity index is 397. The molecule has 1 heterocycles. The molecule has 1 aliphatic rings. The van der Waals surface area contributed by atoms with Crippen LogP contribution < -0.4 is 10.5 Å². The van der Waals surface area contributed by atoms with Crippen LogP contribution in [0.1, 0.15) is 30.5 Å². The van der Waals surface area contributed by atoms with E-state index >= 15 is 0 Å². The molecule has 16 heavy (non-hydrogen) atoms. The second kappa shape index (κ2) is 4.98. The average Bonchev–Trinajstić information content (AvgIpc) is 2.40. The fourth-order valence-electron chi connectivity index (χ4n) is 2.12. The van der Waals surface area contributed by atoms with Crippen molar-refractivity contribution in [3.8, 4) is 5.75 Å². The molecule has 1 aliphatic heterocycles. The first kappa shape index (κ1) is 12.3. The van der Waals surface area contributed by atoms with Gasteiger partial charge in [-0.1, -0.05) is 22.9 Å². The van der Waals surface area contributed by atoms with Gasteiger partial charge in [0, 0.05) is 27.1 Å². The molecule has 0 bridgehead atoms. The minimum Gasteiger partial charge on any atom is -0.496 e. The molecule has 2 rings (SSSR count). The molecule has 0 aromatic heterocycles. The normalized spacial score (nSPS) is 24.8.